The number of hydrogen-bond donors (Lipinski definition) is 0. The molecule has 0 saturated carbocycles. The molecule has 0 unspecified atom stereocenters. The van der Waals surface area contributed by atoms with E-state index in [0.717, 1.165) is 33.7 Å². The van der Waals surface area contributed by atoms with Gasteiger partial charge in [0.25, 0.3) is 0 Å². The molecule has 52 heavy (non-hydrogen) atoms. The molecule has 6 aromatic heterocycles. The first kappa shape index (κ1) is 43.4. The van der Waals surface area contributed by atoms with E-state index in [9.17, 15) is 28.8 Å². The van der Waals surface area contributed by atoms with Crippen molar-refractivity contribution in [1.29, 1.82) is 0 Å². The van der Waals surface area contributed by atoms with Gasteiger partial charge in [-0.25, -0.2) is 14.8 Å². The topological polar surface area (TPSA) is 185 Å². The van der Waals surface area contributed by atoms with Crippen LogP contribution in [0.3, 0.4) is 0 Å². The molecular weight excluding hydrogens is 1210 g/mol. The largest absolute Gasteiger partial charge is 0.465 e. The minimum absolute atomic E-state index is 0. The fourth-order valence-electron chi connectivity index (χ4n) is 4.38. The Hall–Kier alpha value is 1.79. The summed E-state index contributed by atoms with van der Waals surface area (Å²) in [6, 6.07) is 0. The maximum atomic E-state index is 12.1. The summed E-state index contributed by atoms with van der Waals surface area (Å²) in [7, 11) is 6.53. The number of nitrogens with zero attached hydrogens (tertiary/aromatic N) is 12. The van der Waals surface area contributed by atoms with Crippen molar-refractivity contribution in [1.82, 2.24) is 56.1 Å². The van der Waals surface area contributed by atoms with Crippen LogP contribution in [0.25, 0.3) is 33.5 Å². The summed E-state index contributed by atoms with van der Waals surface area (Å²) in [5, 5.41) is 0. The van der Waals surface area contributed by atoms with Crippen molar-refractivity contribution in [2.75, 3.05) is 0 Å². The molecule has 0 amide bonds. The molecule has 0 fully saturated rings. The van der Waals surface area contributed by atoms with Crippen molar-refractivity contribution in [2.24, 2.45) is 35.0 Å². The molecule has 6 heterocycles. The van der Waals surface area contributed by atoms with E-state index in [1.807, 2.05) is 0 Å². The molecule has 25 heteroatoms. The number of imidazole rings is 3. The maximum absolute atomic E-state index is 12.1. The zero-order valence-corrected chi connectivity index (χ0v) is 48.5. The SMILES string of the molecule is [2H]C([2H])([2H])n1c(=O)n(CC)c(=O)c2c1ncn2[CH2-].[2H]C([2H])([2H])n1c(=O)n([CH-]C)c(=O)c2c1ncn2C.[2H]C([2H])([2H])n1cnc2c1c(=O)n([CH-]C)c(=O)n2C.[Y].[Y].[Y].[Y].[Y].[Y].[Y]. The molecule has 261 valence electrons. The van der Waals surface area contributed by atoms with Crippen LogP contribution in [0.5, 0.6) is 0 Å². The van der Waals surface area contributed by atoms with Gasteiger partial charge >= 0.3 is 5.69 Å². The normalized spacial score (nSPS) is 12.8. The van der Waals surface area contributed by atoms with E-state index >= 15 is 0 Å². The van der Waals surface area contributed by atoms with Gasteiger partial charge in [-0.1, -0.05) is 13.8 Å². The van der Waals surface area contributed by atoms with E-state index in [1.54, 1.807) is 14.0 Å². The van der Waals surface area contributed by atoms with Gasteiger partial charge in [-0.3, -0.25) is 18.9 Å². The third kappa shape index (κ3) is 11.7. The number of rotatable bonds is 3. The second kappa shape index (κ2) is 26.0. The second-order valence-electron chi connectivity index (χ2n) is 9.19. The zero-order valence-electron chi connectivity index (χ0n) is 37.7. The van der Waals surface area contributed by atoms with Gasteiger partial charge in [0.15, 0.2) is 11.1 Å². The molecule has 0 spiro atoms. The third-order valence-electron chi connectivity index (χ3n) is 6.66. The molecule has 7 radical (unpaired) electrons. The van der Waals surface area contributed by atoms with Gasteiger partial charge in [0, 0.05) is 288 Å². The van der Waals surface area contributed by atoms with Gasteiger partial charge in [-0.2, -0.15) is 0 Å². The summed E-state index contributed by atoms with van der Waals surface area (Å²) >= 11 is 0. The summed E-state index contributed by atoms with van der Waals surface area (Å²) in [5.41, 5.74) is -4.55. The molecule has 0 atom stereocenters. The molecule has 6 aromatic rings. The van der Waals surface area contributed by atoms with Crippen LogP contribution < -0.4 is 33.7 Å². The summed E-state index contributed by atoms with van der Waals surface area (Å²) in [4.78, 5) is 83.3. The first-order valence-corrected chi connectivity index (χ1v) is 12.9. The molecule has 0 aromatic carbocycles. The fourth-order valence-corrected chi connectivity index (χ4v) is 4.38. The average Bonchev–Trinajstić information content (AvgIpc) is 3.77. The van der Waals surface area contributed by atoms with Crippen LogP contribution in [0.4, 0.5) is 0 Å². The van der Waals surface area contributed by atoms with Crippen LogP contribution in [0, 0.1) is 20.1 Å². The molecule has 0 saturated heterocycles. The molecule has 0 N–H and O–H groups in total. The van der Waals surface area contributed by atoms with Crippen molar-refractivity contribution < 1.29 is 241 Å². The van der Waals surface area contributed by atoms with Gasteiger partial charge in [0.1, 0.15) is 11.3 Å². The number of fused-ring (bicyclic) bond motifs is 3. The van der Waals surface area contributed by atoms with Crippen molar-refractivity contribution >= 4 is 33.5 Å². The van der Waals surface area contributed by atoms with Gasteiger partial charge in [-0.05, 0) is 13.3 Å². The minimum atomic E-state index is -2.70. The Balaban J connectivity index is -0.000000378. The summed E-state index contributed by atoms with van der Waals surface area (Å²) < 4.78 is 74.2. The van der Waals surface area contributed by atoms with E-state index in [4.69, 9.17) is 12.3 Å². The van der Waals surface area contributed by atoms with Crippen molar-refractivity contribution in [3.63, 3.8) is 0 Å². The predicted octanol–water partition coefficient (Wildman–Crippen LogP) is -1.53. The summed E-state index contributed by atoms with van der Waals surface area (Å²) in [6.45, 7) is -0.718. The smallest absolute Gasteiger partial charge is 0.330 e. The Morgan fingerprint density at radius 2 is 1.00 bits per heavy atom. The molecular formula is C27H33N12O6Y7-3. The Labute approximate surface area is 486 Å². The van der Waals surface area contributed by atoms with Gasteiger partial charge in [-0.15, -0.1) is 20.1 Å². The third-order valence-corrected chi connectivity index (χ3v) is 6.66. The Morgan fingerprint density at radius 1 is 0.596 bits per heavy atom. The standard InChI is InChI=1S/3C9H11N4O2.7Y/c3*1-4-13-8(14)6-7(10-5-11(6)2)12(3)9(13)15;;;;;;;/h2*4-5H,1-3H3;5H,2,4H2,1,3H3;;;;;;;/q3*-1;;;;;;;/i3D3;2D3;3D3;;;;;;;. The van der Waals surface area contributed by atoms with Crippen LogP contribution in [-0.2, 0) is 271 Å². The van der Waals surface area contributed by atoms with Gasteiger partial charge in [0.2, 0.25) is 16.9 Å². The summed E-state index contributed by atoms with van der Waals surface area (Å²) in [6.07, 6.45) is 3.54. The average molecular weight is 1250 g/mol. The fraction of sp³-hybridized carbons (Fsp3) is 0.333. The molecule has 0 aliphatic carbocycles. The monoisotopic (exact) mass is 1250 g/mol. The van der Waals surface area contributed by atoms with E-state index in [1.165, 1.54) is 51.2 Å². The second-order valence-corrected chi connectivity index (χ2v) is 9.19. The van der Waals surface area contributed by atoms with Crippen LogP contribution in [0.15, 0.2) is 47.7 Å². The van der Waals surface area contributed by atoms with Crippen molar-refractivity contribution in [2.45, 2.75) is 27.3 Å². The van der Waals surface area contributed by atoms with E-state index in [2.05, 4.69) is 22.0 Å². The van der Waals surface area contributed by atoms with Crippen LogP contribution in [0.2, 0.25) is 0 Å². The summed E-state index contributed by atoms with van der Waals surface area (Å²) in [5.74, 6) is 0. The van der Waals surface area contributed by atoms with E-state index < -0.39 is 54.7 Å². The number of aromatic nitrogens is 12. The first-order chi connectivity index (χ1) is 24.9. The molecule has 0 aliphatic heterocycles. The van der Waals surface area contributed by atoms with E-state index in [0.29, 0.717) is 9.13 Å². The number of aryl methyl sites for hydroxylation is 5. The molecule has 18 nitrogen and oxygen atoms in total. The van der Waals surface area contributed by atoms with Crippen LogP contribution in [-0.4, -0.2) is 56.1 Å². The van der Waals surface area contributed by atoms with Crippen molar-refractivity contribution in [3.05, 3.63) is 102 Å². The van der Waals surface area contributed by atoms with Crippen LogP contribution in [0.1, 0.15) is 33.1 Å². The van der Waals surface area contributed by atoms with E-state index in [-0.39, 0.29) is 269 Å². The predicted molar refractivity (Wildman–Crippen MR) is 167 cm³/mol. The number of hydrogen-bond acceptors (Lipinski definition) is 9. The molecule has 0 aliphatic rings. The Morgan fingerprint density at radius 3 is 1.46 bits per heavy atom. The van der Waals surface area contributed by atoms with Crippen molar-refractivity contribution in [3.8, 4) is 0 Å². The van der Waals surface area contributed by atoms with Crippen LogP contribution >= 0.6 is 0 Å². The van der Waals surface area contributed by atoms with Gasteiger partial charge in [0.05, 0.1) is 29.3 Å². The van der Waals surface area contributed by atoms with Gasteiger partial charge < -0.3 is 51.1 Å². The zero-order chi connectivity index (χ0) is 41.0. The quantitative estimate of drug-likeness (QED) is 0.190. The first-order valence-electron chi connectivity index (χ1n) is 17.4. The Bertz CT molecular complexity index is 2670. The maximum Gasteiger partial charge on any atom is 0.330 e. The molecule has 0 bridgehead atoms. The molecule has 6 rings (SSSR count). The minimum Gasteiger partial charge on any atom is -0.465 e. The Kier molecular flexibility index (Phi) is 21.7.